The van der Waals surface area contributed by atoms with E-state index in [1.165, 1.54) is 12.1 Å². The highest BCUT2D eigenvalue weighted by Crippen LogP contribution is 2.38. The van der Waals surface area contributed by atoms with Crippen LogP contribution in [0.1, 0.15) is 27.6 Å². The topological polar surface area (TPSA) is 135 Å². The molecule has 0 bridgehead atoms. The molecule has 0 spiro atoms. The Morgan fingerprint density at radius 1 is 1.08 bits per heavy atom. The van der Waals surface area contributed by atoms with Gasteiger partial charge in [-0.05, 0) is 47.0 Å². The molecule has 0 amide bonds. The van der Waals surface area contributed by atoms with Crippen molar-refractivity contribution in [2.24, 2.45) is 0 Å². The third-order valence-corrected chi connectivity index (χ3v) is 9.17. The smallest absolute Gasteiger partial charge is 0.241 e. The fourth-order valence-electron chi connectivity index (χ4n) is 3.82. The van der Waals surface area contributed by atoms with E-state index in [0.29, 0.717) is 26.9 Å². The van der Waals surface area contributed by atoms with Crippen molar-refractivity contribution >= 4 is 54.3 Å². The number of halogens is 2. The average Bonchev–Trinajstić information content (AvgIpc) is 3.49. The van der Waals surface area contributed by atoms with Crippen LogP contribution >= 0.6 is 22.9 Å². The maximum Gasteiger partial charge on any atom is 0.241 e. The van der Waals surface area contributed by atoms with E-state index in [-0.39, 0.29) is 34.1 Å². The van der Waals surface area contributed by atoms with E-state index in [9.17, 15) is 17.0 Å². The van der Waals surface area contributed by atoms with Gasteiger partial charge in [-0.15, -0.1) is 21.5 Å². The summed E-state index contributed by atoms with van der Waals surface area (Å²) < 4.78 is 69.7. The van der Waals surface area contributed by atoms with Gasteiger partial charge in [-0.25, -0.2) is 26.7 Å². The van der Waals surface area contributed by atoms with Crippen LogP contribution in [0.2, 0.25) is 5.02 Å². The molecular formula is C24H18ClFN4O5S3. The van der Waals surface area contributed by atoms with Gasteiger partial charge in [0, 0.05) is 5.02 Å². The number of hydrogen-bond acceptors (Lipinski definition) is 8. The SMILES string of the molecule is O=S(O)NCc1nnc(C(c2nc3ccc(-c4cc(F)cc(Cl)c4)cc3s2)S(=O)(=O)Cc2ccccc2)o1. The molecule has 0 aliphatic heterocycles. The first kappa shape index (κ1) is 26.5. The van der Waals surface area contributed by atoms with E-state index < -0.39 is 32.2 Å². The molecule has 2 heterocycles. The van der Waals surface area contributed by atoms with Crippen LogP contribution in [-0.2, 0) is 33.4 Å². The van der Waals surface area contributed by atoms with Gasteiger partial charge in [-0.3, -0.25) is 4.55 Å². The lowest BCUT2D eigenvalue weighted by molar-refractivity contribution is 0.442. The molecule has 5 aromatic rings. The summed E-state index contributed by atoms with van der Waals surface area (Å²) in [5.41, 5.74) is 2.35. The maximum absolute atomic E-state index is 13.9. The molecule has 2 unspecified atom stereocenters. The van der Waals surface area contributed by atoms with Gasteiger partial charge in [0.2, 0.25) is 23.0 Å². The Hall–Kier alpha value is -3.07. The largest absolute Gasteiger partial charge is 0.422 e. The number of sulfone groups is 1. The summed E-state index contributed by atoms with van der Waals surface area (Å²) in [6.45, 7) is -0.235. The molecule has 0 aliphatic carbocycles. The molecule has 38 heavy (non-hydrogen) atoms. The van der Waals surface area contributed by atoms with E-state index in [1.54, 1.807) is 54.6 Å². The van der Waals surface area contributed by atoms with E-state index in [2.05, 4.69) is 19.9 Å². The summed E-state index contributed by atoms with van der Waals surface area (Å²) in [5.74, 6) is -1.05. The van der Waals surface area contributed by atoms with Crippen molar-refractivity contribution in [1.29, 1.82) is 0 Å². The van der Waals surface area contributed by atoms with Crippen LogP contribution in [0.3, 0.4) is 0 Å². The van der Waals surface area contributed by atoms with Crippen molar-refractivity contribution in [3.8, 4) is 11.1 Å². The molecular weight excluding hydrogens is 575 g/mol. The molecule has 14 heteroatoms. The molecule has 2 N–H and O–H groups in total. The predicted molar refractivity (Wildman–Crippen MR) is 143 cm³/mol. The number of rotatable bonds is 9. The van der Waals surface area contributed by atoms with Crippen LogP contribution in [0.5, 0.6) is 0 Å². The van der Waals surface area contributed by atoms with Crippen LogP contribution in [-0.4, -0.2) is 32.4 Å². The molecule has 0 saturated carbocycles. The molecule has 0 radical (unpaired) electrons. The highest BCUT2D eigenvalue weighted by molar-refractivity contribution is 7.91. The standard InChI is InChI=1S/C24H18ClFN4O5S3/c25-17-8-16(9-18(26)11-17)15-6-7-19-20(10-15)36-24(28-19)22(23-30-29-21(35-23)12-27-37(31)32)38(33,34)13-14-4-2-1-3-5-14/h1-11,22,27H,12-13H2,(H,31,32). The van der Waals surface area contributed by atoms with E-state index in [1.807, 2.05) is 0 Å². The Balaban J connectivity index is 1.57. The maximum atomic E-state index is 13.9. The highest BCUT2D eigenvalue weighted by atomic mass is 35.5. The summed E-state index contributed by atoms with van der Waals surface area (Å²) in [6, 6.07) is 18.1. The third kappa shape index (κ3) is 5.98. The number of aromatic nitrogens is 3. The lowest BCUT2D eigenvalue weighted by Crippen LogP contribution is -2.17. The van der Waals surface area contributed by atoms with E-state index in [0.717, 1.165) is 11.3 Å². The van der Waals surface area contributed by atoms with Gasteiger partial charge in [-0.2, -0.15) is 0 Å². The van der Waals surface area contributed by atoms with E-state index in [4.69, 9.17) is 20.6 Å². The van der Waals surface area contributed by atoms with Gasteiger partial charge in [0.15, 0.2) is 15.1 Å². The van der Waals surface area contributed by atoms with Gasteiger partial charge in [0.25, 0.3) is 0 Å². The second-order valence-electron chi connectivity index (χ2n) is 8.17. The number of nitrogens with zero attached hydrogens (tertiary/aromatic N) is 3. The quantitative estimate of drug-likeness (QED) is 0.227. The van der Waals surface area contributed by atoms with Crippen molar-refractivity contribution in [3.05, 3.63) is 99.9 Å². The molecule has 196 valence electrons. The van der Waals surface area contributed by atoms with Gasteiger partial charge in [0.1, 0.15) is 10.8 Å². The molecule has 0 saturated heterocycles. The minimum Gasteiger partial charge on any atom is -0.422 e. The Morgan fingerprint density at radius 2 is 1.87 bits per heavy atom. The Kier molecular flexibility index (Phi) is 7.66. The van der Waals surface area contributed by atoms with Crippen molar-refractivity contribution in [2.45, 2.75) is 17.5 Å². The van der Waals surface area contributed by atoms with Crippen molar-refractivity contribution < 1.29 is 26.0 Å². The van der Waals surface area contributed by atoms with Crippen LogP contribution in [0, 0.1) is 5.82 Å². The van der Waals surface area contributed by atoms with Crippen molar-refractivity contribution in [2.75, 3.05) is 0 Å². The van der Waals surface area contributed by atoms with Gasteiger partial charge in [0.05, 0.1) is 22.5 Å². The summed E-state index contributed by atoms with van der Waals surface area (Å²) in [6.07, 6.45) is 0. The molecule has 2 aromatic heterocycles. The minimum absolute atomic E-state index is 0.0614. The Bertz CT molecular complexity index is 1720. The summed E-state index contributed by atoms with van der Waals surface area (Å²) in [5, 5.41) is 6.83. The normalized spacial score (nSPS) is 13.6. The molecule has 5 rings (SSSR count). The average molecular weight is 593 g/mol. The van der Waals surface area contributed by atoms with Gasteiger partial charge in [-0.1, -0.05) is 48.0 Å². The van der Waals surface area contributed by atoms with Crippen LogP contribution in [0.4, 0.5) is 4.39 Å². The summed E-state index contributed by atoms with van der Waals surface area (Å²) >= 11 is 4.83. The molecule has 0 fully saturated rings. The number of thiazole rings is 1. The first-order valence-electron chi connectivity index (χ1n) is 11.0. The zero-order chi connectivity index (χ0) is 26.9. The first-order chi connectivity index (χ1) is 18.2. The number of hydrogen-bond donors (Lipinski definition) is 2. The van der Waals surface area contributed by atoms with Crippen molar-refractivity contribution in [1.82, 2.24) is 19.9 Å². The Morgan fingerprint density at radius 3 is 2.61 bits per heavy atom. The van der Waals surface area contributed by atoms with Crippen LogP contribution in [0.25, 0.3) is 21.3 Å². The minimum atomic E-state index is -3.97. The number of fused-ring (bicyclic) bond motifs is 1. The molecule has 3 aromatic carbocycles. The lowest BCUT2D eigenvalue weighted by atomic mass is 10.1. The van der Waals surface area contributed by atoms with Gasteiger partial charge >= 0.3 is 0 Å². The fraction of sp³-hybridized carbons (Fsp3) is 0.125. The summed E-state index contributed by atoms with van der Waals surface area (Å²) in [7, 11) is -3.97. The van der Waals surface area contributed by atoms with Crippen LogP contribution < -0.4 is 4.72 Å². The van der Waals surface area contributed by atoms with E-state index >= 15 is 0 Å². The summed E-state index contributed by atoms with van der Waals surface area (Å²) in [4.78, 5) is 4.56. The molecule has 2 atom stereocenters. The Labute approximate surface area is 228 Å². The molecule has 0 aliphatic rings. The number of nitrogens with one attached hydrogen (secondary N) is 1. The second-order valence-corrected chi connectivity index (χ2v) is 12.5. The highest BCUT2D eigenvalue weighted by Gasteiger charge is 2.37. The zero-order valence-electron chi connectivity index (χ0n) is 19.2. The predicted octanol–water partition coefficient (Wildman–Crippen LogP) is 5.07. The first-order valence-corrected chi connectivity index (χ1v) is 15.0. The fourth-order valence-corrected chi connectivity index (χ4v) is 7.45. The number of benzene rings is 3. The molecule has 9 nitrogen and oxygen atoms in total. The third-order valence-electron chi connectivity index (χ3n) is 5.45. The zero-order valence-corrected chi connectivity index (χ0v) is 22.5. The monoisotopic (exact) mass is 592 g/mol. The van der Waals surface area contributed by atoms with Crippen molar-refractivity contribution in [3.63, 3.8) is 0 Å². The van der Waals surface area contributed by atoms with Crippen LogP contribution in [0.15, 0.2) is 71.1 Å². The lowest BCUT2D eigenvalue weighted by Gasteiger charge is -2.12. The second kappa shape index (κ2) is 11.0. The van der Waals surface area contributed by atoms with Gasteiger partial charge < -0.3 is 4.42 Å².